The second-order valence-electron chi connectivity index (χ2n) is 11.1. The van der Waals surface area contributed by atoms with Crippen LogP contribution in [0.5, 0.6) is 5.75 Å². The van der Waals surface area contributed by atoms with Crippen LogP contribution >= 0.6 is 0 Å². The van der Waals surface area contributed by atoms with E-state index in [9.17, 15) is 44.7 Å². The average molecular weight is 732 g/mol. The summed E-state index contributed by atoms with van der Waals surface area (Å²) in [5.41, 5.74) is 11.6. The summed E-state index contributed by atoms with van der Waals surface area (Å²) in [5.74, 6) is -18.7. The zero-order chi connectivity index (χ0) is 38.0. The first kappa shape index (κ1) is 40.3. The third-order valence-corrected chi connectivity index (χ3v) is 7.21. The summed E-state index contributed by atoms with van der Waals surface area (Å²) in [5, 5.41) is 10.1. The van der Waals surface area contributed by atoms with E-state index in [4.69, 9.17) is 20.9 Å². The van der Waals surface area contributed by atoms with E-state index in [1.165, 1.54) is 20.8 Å². The van der Waals surface area contributed by atoms with Gasteiger partial charge in [0.05, 0.1) is 45.3 Å². The molecule has 1 amide bonds. The van der Waals surface area contributed by atoms with Gasteiger partial charge in [-0.1, -0.05) is 24.3 Å². The van der Waals surface area contributed by atoms with Crippen LogP contribution in [0.1, 0.15) is 41.2 Å². The number of amidine groups is 2. The lowest BCUT2D eigenvalue weighted by Gasteiger charge is -2.20. The molecule has 0 bridgehead atoms. The Balaban J connectivity index is 1.63. The molecular weight excluding hydrogens is 698 g/mol. The van der Waals surface area contributed by atoms with Crippen molar-refractivity contribution in [2.75, 3.05) is 26.4 Å². The first-order valence-electron chi connectivity index (χ1n) is 15.0. The van der Waals surface area contributed by atoms with E-state index in [1.54, 1.807) is 24.3 Å². The minimum atomic E-state index is -2.43. The largest absolute Gasteiger partial charge is 0.420 e. The molecule has 51 heavy (non-hydrogen) atoms. The summed E-state index contributed by atoms with van der Waals surface area (Å²) in [4.78, 5) is 24.9. The predicted molar refractivity (Wildman–Crippen MR) is 168 cm³/mol. The van der Waals surface area contributed by atoms with Gasteiger partial charge in [-0.2, -0.15) is 8.78 Å². The van der Waals surface area contributed by atoms with Crippen LogP contribution in [-0.4, -0.2) is 56.0 Å². The van der Waals surface area contributed by atoms with Crippen molar-refractivity contribution < 1.29 is 58.9 Å². The highest BCUT2D eigenvalue weighted by Crippen LogP contribution is 2.29. The van der Waals surface area contributed by atoms with Crippen molar-refractivity contribution in [3.8, 4) is 5.75 Å². The standard InChI is InChI=1S/C33H33F8N5O5/c1-15-16(2)25(35)26(36)21(24(15)34)8-10-49-13-20(44-22(47)12-18-4-6-19(7-5-18)33(43)46-45-17(3)42)14-50-11-9-23(48)51-32-30(40)28(38)27(37)29(39)31(32)41/h4-7,20H,8-14H2,1-3H3,(H2,42,45)(H2,43,46)(H,44,47). The maximum Gasteiger partial charge on any atom is 0.313 e. The van der Waals surface area contributed by atoms with Crippen molar-refractivity contribution in [1.82, 2.24) is 5.32 Å². The summed E-state index contributed by atoms with van der Waals surface area (Å²) < 4.78 is 126. The van der Waals surface area contributed by atoms with Crippen LogP contribution in [0.25, 0.3) is 0 Å². The lowest BCUT2D eigenvalue weighted by Crippen LogP contribution is -2.42. The molecule has 276 valence electrons. The van der Waals surface area contributed by atoms with E-state index in [0.29, 0.717) is 11.1 Å². The molecule has 0 aliphatic heterocycles. The average Bonchev–Trinajstić information content (AvgIpc) is 3.10. The SMILES string of the molecule is C/C(N)=N/N=C(\N)c1ccc(CC(=O)NC(COCCC(=O)Oc2c(F)c(F)c(F)c(F)c2F)COCCc2c(F)c(C)c(C)c(F)c2F)cc1. The second kappa shape index (κ2) is 18.2. The van der Waals surface area contributed by atoms with Crippen molar-refractivity contribution >= 4 is 23.5 Å². The summed E-state index contributed by atoms with van der Waals surface area (Å²) in [6.45, 7) is 2.59. The fourth-order valence-corrected chi connectivity index (χ4v) is 4.37. The number of halogens is 8. The van der Waals surface area contributed by atoms with E-state index in [0.717, 1.165) is 0 Å². The number of esters is 1. The number of nitrogens with two attached hydrogens (primary N) is 2. The lowest BCUT2D eigenvalue weighted by atomic mass is 10.0. The van der Waals surface area contributed by atoms with E-state index in [1.807, 2.05) is 0 Å². The molecular formula is C33H33F8N5O5. The number of ether oxygens (including phenoxy) is 3. The molecule has 5 N–H and O–H groups in total. The Morgan fingerprint density at radius 1 is 0.745 bits per heavy atom. The van der Waals surface area contributed by atoms with Crippen LogP contribution in [0.2, 0.25) is 0 Å². The number of nitrogens with zero attached hydrogens (tertiary/aromatic N) is 2. The number of nitrogens with one attached hydrogen (secondary N) is 1. The molecule has 0 heterocycles. The van der Waals surface area contributed by atoms with Gasteiger partial charge in [0.2, 0.25) is 40.7 Å². The molecule has 0 radical (unpaired) electrons. The van der Waals surface area contributed by atoms with Gasteiger partial charge in [0.15, 0.2) is 17.5 Å². The molecule has 3 aromatic rings. The van der Waals surface area contributed by atoms with Crippen molar-refractivity contribution in [2.24, 2.45) is 21.7 Å². The summed E-state index contributed by atoms with van der Waals surface area (Å²) in [7, 11) is 0. The number of benzene rings is 3. The van der Waals surface area contributed by atoms with E-state index in [2.05, 4.69) is 20.3 Å². The van der Waals surface area contributed by atoms with Crippen LogP contribution in [0.3, 0.4) is 0 Å². The van der Waals surface area contributed by atoms with Gasteiger partial charge in [-0.05, 0) is 37.5 Å². The fourth-order valence-electron chi connectivity index (χ4n) is 4.37. The van der Waals surface area contributed by atoms with E-state index < -0.39 is 88.8 Å². The molecule has 1 atom stereocenters. The molecule has 0 spiro atoms. The highest BCUT2D eigenvalue weighted by atomic mass is 19.2. The van der Waals surface area contributed by atoms with Crippen molar-refractivity contribution in [1.29, 1.82) is 0 Å². The summed E-state index contributed by atoms with van der Waals surface area (Å²) in [6, 6.07) is 5.42. The van der Waals surface area contributed by atoms with Gasteiger partial charge < -0.3 is 31.0 Å². The van der Waals surface area contributed by atoms with Crippen LogP contribution in [0.15, 0.2) is 34.5 Å². The zero-order valence-corrected chi connectivity index (χ0v) is 27.5. The molecule has 0 fully saturated rings. The summed E-state index contributed by atoms with van der Waals surface area (Å²) >= 11 is 0. The lowest BCUT2D eigenvalue weighted by molar-refractivity contribution is -0.136. The smallest absolute Gasteiger partial charge is 0.313 e. The Hall–Kier alpha value is -5.10. The Morgan fingerprint density at radius 2 is 1.29 bits per heavy atom. The first-order chi connectivity index (χ1) is 24.0. The molecule has 3 rings (SSSR count). The monoisotopic (exact) mass is 731 g/mol. The number of rotatable bonds is 16. The maximum atomic E-state index is 14.6. The van der Waals surface area contributed by atoms with Gasteiger partial charge in [-0.15, -0.1) is 10.2 Å². The van der Waals surface area contributed by atoms with Crippen molar-refractivity contribution in [3.63, 3.8) is 0 Å². The van der Waals surface area contributed by atoms with E-state index >= 15 is 0 Å². The van der Waals surface area contributed by atoms with Crippen LogP contribution < -0.4 is 21.5 Å². The van der Waals surface area contributed by atoms with Gasteiger partial charge in [0, 0.05) is 17.5 Å². The Bertz CT molecular complexity index is 1760. The second-order valence-corrected chi connectivity index (χ2v) is 11.1. The van der Waals surface area contributed by atoms with Crippen LogP contribution in [0, 0.1) is 60.4 Å². The Morgan fingerprint density at radius 3 is 1.88 bits per heavy atom. The molecule has 1 unspecified atom stereocenters. The number of carbonyl (C=O) groups is 2. The molecule has 10 nitrogen and oxygen atoms in total. The number of hydrogen-bond acceptors (Lipinski definition) is 7. The van der Waals surface area contributed by atoms with Gasteiger partial charge >= 0.3 is 5.97 Å². The summed E-state index contributed by atoms with van der Waals surface area (Å²) in [6.07, 6.45) is -1.23. The van der Waals surface area contributed by atoms with Crippen LogP contribution in [-0.2, 0) is 31.9 Å². The third kappa shape index (κ3) is 10.7. The molecule has 18 heteroatoms. The van der Waals surface area contributed by atoms with Crippen molar-refractivity contribution in [3.05, 3.63) is 98.6 Å². The van der Waals surface area contributed by atoms with Gasteiger partial charge in [0.25, 0.3) is 0 Å². The fraction of sp³-hybridized carbons (Fsp3) is 0.333. The molecule has 0 aliphatic rings. The number of hydrogen-bond donors (Lipinski definition) is 3. The van der Waals surface area contributed by atoms with Crippen molar-refractivity contribution in [2.45, 2.75) is 46.1 Å². The molecule has 0 saturated heterocycles. The molecule has 0 saturated carbocycles. The minimum absolute atomic E-state index is 0.0664. The number of amides is 1. The van der Waals surface area contributed by atoms with Gasteiger partial charge in [0.1, 0.15) is 11.7 Å². The van der Waals surface area contributed by atoms with E-state index in [-0.39, 0.29) is 55.5 Å². The minimum Gasteiger partial charge on any atom is -0.420 e. The number of carbonyl (C=O) groups excluding carboxylic acids is 2. The van der Waals surface area contributed by atoms with Gasteiger partial charge in [-0.25, -0.2) is 26.3 Å². The Labute approximate surface area is 286 Å². The van der Waals surface area contributed by atoms with Crippen LogP contribution in [0.4, 0.5) is 35.1 Å². The third-order valence-electron chi connectivity index (χ3n) is 7.21. The first-order valence-corrected chi connectivity index (χ1v) is 15.0. The molecule has 0 aliphatic carbocycles. The maximum absolute atomic E-state index is 14.6. The quantitative estimate of drug-likeness (QED) is 0.0222. The zero-order valence-electron chi connectivity index (χ0n) is 27.5. The predicted octanol–water partition coefficient (Wildman–Crippen LogP) is 4.71. The highest BCUT2D eigenvalue weighted by molar-refractivity contribution is 5.97. The normalized spacial score (nSPS) is 12.6. The topological polar surface area (TPSA) is 151 Å². The Kier molecular flexibility index (Phi) is 14.4. The molecule has 0 aromatic heterocycles. The molecule has 3 aromatic carbocycles. The highest BCUT2D eigenvalue weighted by Gasteiger charge is 2.28. The van der Waals surface area contributed by atoms with Gasteiger partial charge in [-0.3, -0.25) is 9.59 Å².